The molecule has 3 amide bonds. The van der Waals surface area contributed by atoms with Crippen LogP contribution in [0.15, 0.2) is 36.4 Å². The number of hydrazine groups is 1. The highest BCUT2D eigenvalue weighted by molar-refractivity contribution is 6.12. The molecule has 6 nitrogen and oxygen atoms in total. The average molecular weight is 282 g/mol. The Hall–Kier alpha value is -2.18. The summed E-state index contributed by atoms with van der Waals surface area (Å²) in [7, 11) is 0. The van der Waals surface area contributed by atoms with Gasteiger partial charge in [0.1, 0.15) is 0 Å². The SMILES string of the molecule is Cl.NNC(=O)c1ccc(CN2C(=O)C=CC2=O)cc1. The number of imide groups is 1. The number of carbonyl (C=O) groups is 3. The molecule has 1 heterocycles. The van der Waals surface area contributed by atoms with Crippen molar-refractivity contribution in [2.75, 3.05) is 0 Å². The molecule has 1 aliphatic heterocycles. The Bertz CT molecular complexity index is 522. The van der Waals surface area contributed by atoms with Crippen molar-refractivity contribution in [3.05, 3.63) is 47.5 Å². The van der Waals surface area contributed by atoms with Crippen LogP contribution in [-0.4, -0.2) is 22.6 Å². The Labute approximate surface area is 115 Å². The highest BCUT2D eigenvalue weighted by atomic mass is 35.5. The second-order valence-corrected chi connectivity index (χ2v) is 3.77. The first kappa shape index (κ1) is 14.9. The summed E-state index contributed by atoms with van der Waals surface area (Å²) in [5.41, 5.74) is 3.19. The van der Waals surface area contributed by atoms with Crippen LogP contribution in [0.2, 0.25) is 0 Å². The summed E-state index contributed by atoms with van der Waals surface area (Å²) >= 11 is 0. The lowest BCUT2D eigenvalue weighted by Gasteiger charge is -2.13. The van der Waals surface area contributed by atoms with E-state index in [4.69, 9.17) is 5.84 Å². The molecule has 1 aliphatic rings. The van der Waals surface area contributed by atoms with E-state index in [1.807, 2.05) is 5.43 Å². The summed E-state index contributed by atoms with van der Waals surface area (Å²) in [5, 5.41) is 0. The Morgan fingerprint density at radius 2 is 1.63 bits per heavy atom. The standard InChI is InChI=1S/C12H11N3O3.ClH/c13-14-12(18)9-3-1-8(2-4-9)7-15-10(16)5-6-11(15)17;/h1-6H,7,13H2,(H,14,18);1H. The van der Waals surface area contributed by atoms with Crippen LogP contribution in [0.25, 0.3) is 0 Å². The van der Waals surface area contributed by atoms with E-state index in [2.05, 4.69) is 0 Å². The zero-order valence-electron chi connectivity index (χ0n) is 9.83. The van der Waals surface area contributed by atoms with Gasteiger partial charge in [0.15, 0.2) is 0 Å². The Morgan fingerprint density at radius 3 is 2.11 bits per heavy atom. The molecule has 0 aromatic heterocycles. The number of benzene rings is 1. The smallest absolute Gasteiger partial charge is 0.265 e. The number of halogens is 1. The quantitative estimate of drug-likeness (QED) is 0.357. The molecule has 0 bridgehead atoms. The number of nitrogens with zero attached hydrogens (tertiary/aromatic N) is 1. The van der Waals surface area contributed by atoms with Crippen molar-refractivity contribution in [2.45, 2.75) is 6.54 Å². The maximum Gasteiger partial charge on any atom is 0.265 e. The molecule has 19 heavy (non-hydrogen) atoms. The van der Waals surface area contributed by atoms with Crippen molar-refractivity contribution in [3.63, 3.8) is 0 Å². The third-order valence-corrected chi connectivity index (χ3v) is 2.59. The first-order valence-corrected chi connectivity index (χ1v) is 5.25. The lowest BCUT2D eigenvalue weighted by Crippen LogP contribution is -2.30. The third-order valence-electron chi connectivity index (χ3n) is 2.59. The lowest BCUT2D eigenvalue weighted by molar-refractivity contribution is -0.137. The number of hydrogen-bond acceptors (Lipinski definition) is 4. The molecular formula is C12H12ClN3O3. The van der Waals surface area contributed by atoms with Gasteiger partial charge in [-0.05, 0) is 17.7 Å². The summed E-state index contributed by atoms with van der Waals surface area (Å²) in [6, 6.07) is 6.50. The number of nitrogen functional groups attached to an aromatic ring is 1. The van der Waals surface area contributed by atoms with Gasteiger partial charge in [-0.1, -0.05) is 12.1 Å². The van der Waals surface area contributed by atoms with Gasteiger partial charge in [0.25, 0.3) is 17.7 Å². The molecule has 3 N–H and O–H groups in total. The minimum atomic E-state index is -0.392. The van der Waals surface area contributed by atoms with Gasteiger partial charge in [-0.15, -0.1) is 12.4 Å². The van der Waals surface area contributed by atoms with E-state index < -0.39 is 5.91 Å². The molecular weight excluding hydrogens is 270 g/mol. The maximum atomic E-state index is 11.3. The van der Waals surface area contributed by atoms with Crippen molar-refractivity contribution in [3.8, 4) is 0 Å². The fourth-order valence-electron chi connectivity index (χ4n) is 1.61. The molecule has 0 spiro atoms. The molecule has 0 saturated carbocycles. The molecule has 0 aliphatic carbocycles. The van der Waals surface area contributed by atoms with E-state index in [1.165, 1.54) is 12.2 Å². The van der Waals surface area contributed by atoms with Gasteiger partial charge in [-0.2, -0.15) is 0 Å². The number of nitrogens with two attached hydrogens (primary N) is 1. The number of rotatable bonds is 3. The first-order chi connectivity index (χ1) is 8.61. The summed E-state index contributed by atoms with van der Waals surface area (Å²) in [6.45, 7) is 0.190. The first-order valence-electron chi connectivity index (χ1n) is 5.25. The average Bonchev–Trinajstić information content (AvgIpc) is 2.70. The molecule has 0 saturated heterocycles. The zero-order chi connectivity index (χ0) is 13.1. The van der Waals surface area contributed by atoms with Crippen LogP contribution in [0.1, 0.15) is 15.9 Å². The van der Waals surface area contributed by atoms with E-state index in [0.29, 0.717) is 5.56 Å². The van der Waals surface area contributed by atoms with Gasteiger partial charge in [0.05, 0.1) is 6.54 Å². The van der Waals surface area contributed by atoms with Gasteiger partial charge in [0, 0.05) is 17.7 Å². The van der Waals surface area contributed by atoms with Gasteiger partial charge in [-0.25, -0.2) is 5.84 Å². The number of hydrogen-bond donors (Lipinski definition) is 2. The zero-order valence-corrected chi connectivity index (χ0v) is 10.6. The molecule has 1 aromatic rings. The Balaban J connectivity index is 0.00000180. The van der Waals surface area contributed by atoms with E-state index >= 15 is 0 Å². The summed E-state index contributed by atoms with van der Waals surface area (Å²) < 4.78 is 0. The molecule has 0 radical (unpaired) electrons. The minimum absolute atomic E-state index is 0. The van der Waals surface area contributed by atoms with E-state index in [0.717, 1.165) is 10.5 Å². The largest absolute Gasteiger partial charge is 0.290 e. The van der Waals surface area contributed by atoms with Crippen LogP contribution in [0.3, 0.4) is 0 Å². The van der Waals surface area contributed by atoms with E-state index in [1.54, 1.807) is 24.3 Å². The summed E-state index contributed by atoms with van der Waals surface area (Å²) in [4.78, 5) is 35.0. The highest BCUT2D eigenvalue weighted by Gasteiger charge is 2.23. The van der Waals surface area contributed by atoms with E-state index in [-0.39, 0.29) is 30.8 Å². The summed E-state index contributed by atoms with van der Waals surface area (Å²) in [5.74, 6) is 3.95. The maximum absolute atomic E-state index is 11.3. The monoisotopic (exact) mass is 281 g/mol. The topological polar surface area (TPSA) is 92.5 Å². The van der Waals surface area contributed by atoms with Crippen molar-refractivity contribution >= 4 is 30.1 Å². The highest BCUT2D eigenvalue weighted by Crippen LogP contribution is 2.11. The molecule has 0 atom stereocenters. The fraction of sp³-hybridized carbons (Fsp3) is 0.0833. The fourth-order valence-corrected chi connectivity index (χ4v) is 1.61. The van der Waals surface area contributed by atoms with Crippen LogP contribution in [-0.2, 0) is 16.1 Å². The normalized spacial score (nSPS) is 13.4. The number of carbonyl (C=O) groups excluding carboxylic acids is 3. The van der Waals surface area contributed by atoms with Crippen molar-refractivity contribution in [2.24, 2.45) is 5.84 Å². The Kier molecular flexibility index (Phi) is 4.80. The van der Waals surface area contributed by atoms with Gasteiger partial charge >= 0.3 is 0 Å². The second kappa shape index (κ2) is 6.12. The predicted molar refractivity (Wildman–Crippen MR) is 70.0 cm³/mol. The van der Waals surface area contributed by atoms with Gasteiger partial charge in [-0.3, -0.25) is 24.7 Å². The second-order valence-electron chi connectivity index (χ2n) is 3.77. The van der Waals surface area contributed by atoms with Gasteiger partial charge < -0.3 is 0 Å². The van der Waals surface area contributed by atoms with Crippen LogP contribution in [0.5, 0.6) is 0 Å². The van der Waals surface area contributed by atoms with Crippen molar-refractivity contribution < 1.29 is 14.4 Å². The van der Waals surface area contributed by atoms with Crippen molar-refractivity contribution in [1.82, 2.24) is 10.3 Å². The van der Waals surface area contributed by atoms with Crippen LogP contribution < -0.4 is 11.3 Å². The van der Waals surface area contributed by atoms with Crippen LogP contribution in [0.4, 0.5) is 0 Å². The van der Waals surface area contributed by atoms with Crippen LogP contribution >= 0.6 is 12.4 Å². The Morgan fingerprint density at radius 1 is 1.11 bits per heavy atom. The van der Waals surface area contributed by atoms with E-state index in [9.17, 15) is 14.4 Å². The van der Waals surface area contributed by atoms with Gasteiger partial charge in [0.2, 0.25) is 0 Å². The number of nitrogens with one attached hydrogen (secondary N) is 1. The summed E-state index contributed by atoms with van der Waals surface area (Å²) in [6.07, 6.45) is 2.47. The van der Waals surface area contributed by atoms with Crippen LogP contribution in [0, 0.1) is 0 Å². The molecule has 7 heteroatoms. The molecule has 0 unspecified atom stereocenters. The lowest BCUT2D eigenvalue weighted by atomic mass is 10.1. The van der Waals surface area contributed by atoms with Crippen molar-refractivity contribution in [1.29, 1.82) is 0 Å². The molecule has 100 valence electrons. The third kappa shape index (κ3) is 3.18. The molecule has 1 aromatic carbocycles. The minimum Gasteiger partial charge on any atom is -0.290 e. The molecule has 2 rings (SSSR count). The number of amides is 3. The molecule has 0 fully saturated rings. The predicted octanol–water partition coefficient (Wildman–Crippen LogP) is 0.137.